The lowest BCUT2D eigenvalue weighted by Crippen LogP contribution is -1.91. The van der Waals surface area contributed by atoms with Gasteiger partial charge in [0.2, 0.25) is 0 Å². The molecule has 0 unspecified atom stereocenters. The summed E-state index contributed by atoms with van der Waals surface area (Å²) in [6.45, 7) is 0. The van der Waals surface area contributed by atoms with Crippen LogP contribution in [-0.4, -0.2) is 21.0 Å². The van der Waals surface area contributed by atoms with Crippen LogP contribution in [0.25, 0.3) is 11.3 Å². The maximum absolute atomic E-state index is 10.5. The fourth-order valence-electron chi connectivity index (χ4n) is 1.11. The van der Waals surface area contributed by atoms with E-state index in [9.17, 15) is 4.79 Å². The molecule has 0 amide bonds. The zero-order valence-corrected chi connectivity index (χ0v) is 6.11. The standard InChI is InChI=1S/C8H6N2O2/c11-8(12)5-1-6-3-9-4-10-7(6)2-5/h1-4H,(H,9,10)(H,11,12). The molecule has 4 nitrogen and oxygen atoms in total. The number of H-pyrrole nitrogens is 1. The fraction of sp³-hybridized carbons (Fsp3) is 0. The Labute approximate surface area is 68.2 Å². The Morgan fingerprint density at radius 1 is 1.50 bits per heavy atom. The van der Waals surface area contributed by atoms with Gasteiger partial charge >= 0.3 is 5.97 Å². The maximum Gasteiger partial charge on any atom is 0.335 e. The van der Waals surface area contributed by atoms with Gasteiger partial charge in [0.1, 0.15) is 0 Å². The molecule has 12 heavy (non-hydrogen) atoms. The number of carbonyl (C=O) groups is 1. The van der Waals surface area contributed by atoms with E-state index in [0.29, 0.717) is 0 Å². The molecule has 2 aliphatic rings. The van der Waals surface area contributed by atoms with Gasteiger partial charge in [0, 0.05) is 17.5 Å². The lowest BCUT2D eigenvalue weighted by atomic mass is 10.3. The minimum Gasteiger partial charge on any atom is -0.478 e. The number of hydrogen-bond acceptors (Lipinski definition) is 2. The average molecular weight is 162 g/mol. The van der Waals surface area contributed by atoms with Crippen LogP contribution in [0.1, 0.15) is 10.4 Å². The van der Waals surface area contributed by atoms with Crippen LogP contribution in [0, 0.1) is 0 Å². The van der Waals surface area contributed by atoms with E-state index in [1.165, 1.54) is 6.33 Å². The number of rotatable bonds is 1. The molecule has 2 N–H and O–H groups in total. The predicted octanol–water partition coefficient (Wildman–Crippen LogP) is 1.21. The molecule has 1 aliphatic heterocycles. The minimum atomic E-state index is -0.917. The third-order valence-electron chi connectivity index (χ3n) is 1.68. The number of nitrogens with zero attached hydrogens (tertiary/aromatic N) is 1. The molecule has 1 aliphatic carbocycles. The zero-order chi connectivity index (χ0) is 8.55. The molecule has 2 rings (SSSR count). The van der Waals surface area contributed by atoms with Crippen LogP contribution in [0.5, 0.6) is 0 Å². The van der Waals surface area contributed by atoms with Crippen LogP contribution in [0.15, 0.2) is 24.7 Å². The van der Waals surface area contributed by atoms with Crippen LogP contribution < -0.4 is 0 Å². The van der Waals surface area contributed by atoms with Gasteiger partial charge in [-0.05, 0) is 12.1 Å². The van der Waals surface area contributed by atoms with E-state index in [1.54, 1.807) is 18.3 Å². The number of hydrogen-bond donors (Lipinski definition) is 2. The van der Waals surface area contributed by atoms with Crippen molar-refractivity contribution in [2.75, 3.05) is 0 Å². The van der Waals surface area contributed by atoms with Crippen molar-refractivity contribution in [1.82, 2.24) is 9.97 Å². The van der Waals surface area contributed by atoms with E-state index < -0.39 is 5.97 Å². The Bertz CT molecular complexity index is 364. The van der Waals surface area contributed by atoms with Gasteiger partial charge in [0.15, 0.2) is 0 Å². The summed E-state index contributed by atoms with van der Waals surface area (Å²) in [5.74, 6) is -0.917. The van der Waals surface area contributed by atoms with Crippen molar-refractivity contribution in [1.29, 1.82) is 0 Å². The Balaban J connectivity index is 2.63. The predicted molar refractivity (Wildman–Crippen MR) is 42.2 cm³/mol. The van der Waals surface area contributed by atoms with Crippen LogP contribution in [-0.2, 0) is 0 Å². The summed E-state index contributed by atoms with van der Waals surface area (Å²) < 4.78 is 0. The third-order valence-corrected chi connectivity index (χ3v) is 1.68. The normalized spacial score (nSPS) is 10.3. The van der Waals surface area contributed by atoms with E-state index in [1.807, 2.05) is 0 Å². The van der Waals surface area contributed by atoms with Crippen molar-refractivity contribution in [2.24, 2.45) is 0 Å². The second kappa shape index (κ2) is 2.34. The fourth-order valence-corrected chi connectivity index (χ4v) is 1.11. The zero-order valence-electron chi connectivity index (χ0n) is 6.11. The molecule has 0 spiro atoms. The quantitative estimate of drug-likeness (QED) is 0.662. The van der Waals surface area contributed by atoms with Crippen LogP contribution in [0.2, 0.25) is 0 Å². The summed E-state index contributed by atoms with van der Waals surface area (Å²) in [7, 11) is 0. The highest BCUT2D eigenvalue weighted by Gasteiger charge is 2.10. The van der Waals surface area contributed by atoms with Crippen LogP contribution in [0.4, 0.5) is 0 Å². The monoisotopic (exact) mass is 162 g/mol. The van der Waals surface area contributed by atoms with Gasteiger partial charge < -0.3 is 10.1 Å². The Kier molecular flexibility index (Phi) is 1.33. The highest BCUT2D eigenvalue weighted by molar-refractivity contribution is 5.92. The molecule has 0 saturated heterocycles. The van der Waals surface area contributed by atoms with Crippen molar-refractivity contribution in [3.63, 3.8) is 0 Å². The van der Waals surface area contributed by atoms with E-state index in [0.717, 1.165) is 11.3 Å². The molecule has 0 aromatic rings. The van der Waals surface area contributed by atoms with Crippen LogP contribution in [0.3, 0.4) is 0 Å². The lowest BCUT2D eigenvalue weighted by Gasteiger charge is -1.92. The Morgan fingerprint density at radius 2 is 2.33 bits per heavy atom. The molecule has 60 valence electrons. The van der Waals surface area contributed by atoms with E-state index in [-0.39, 0.29) is 5.56 Å². The smallest absolute Gasteiger partial charge is 0.335 e. The van der Waals surface area contributed by atoms with Gasteiger partial charge in [-0.1, -0.05) is 0 Å². The van der Waals surface area contributed by atoms with Crippen molar-refractivity contribution in [2.45, 2.75) is 0 Å². The highest BCUT2D eigenvalue weighted by atomic mass is 16.4. The second-order valence-electron chi connectivity index (χ2n) is 2.47. The first-order chi connectivity index (χ1) is 5.77. The van der Waals surface area contributed by atoms with Crippen molar-refractivity contribution in [3.05, 3.63) is 30.2 Å². The highest BCUT2D eigenvalue weighted by Crippen LogP contribution is 2.21. The topological polar surface area (TPSA) is 66.0 Å². The van der Waals surface area contributed by atoms with Crippen molar-refractivity contribution in [3.8, 4) is 11.3 Å². The molecule has 0 fully saturated rings. The van der Waals surface area contributed by atoms with Gasteiger partial charge in [-0.3, -0.25) is 0 Å². The summed E-state index contributed by atoms with van der Waals surface area (Å²) in [6, 6.07) is 3.17. The molecule has 4 heteroatoms. The molecule has 0 saturated carbocycles. The SMILES string of the molecule is O=C(O)c1cc2cnc[nH]c-2c1. The lowest BCUT2D eigenvalue weighted by molar-refractivity contribution is 0.0697. The number of aromatic amines is 1. The summed E-state index contributed by atoms with van der Waals surface area (Å²) in [4.78, 5) is 17.2. The first kappa shape index (κ1) is 6.84. The van der Waals surface area contributed by atoms with Gasteiger partial charge in [-0.15, -0.1) is 0 Å². The van der Waals surface area contributed by atoms with Gasteiger partial charge in [0.05, 0.1) is 11.9 Å². The molecule has 0 radical (unpaired) electrons. The molecular weight excluding hydrogens is 156 g/mol. The van der Waals surface area contributed by atoms with Gasteiger partial charge in [0.25, 0.3) is 0 Å². The number of carboxylic acid groups (broad SMARTS) is 1. The molecular formula is C8H6N2O2. The minimum absolute atomic E-state index is 0.286. The molecule has 0 aromatic heterocycles. The van der Waals surface area contributed by atoms with Gasteiger partial charge in [-0.2, -0.15) is 0 Å². The maximum atomic E-state index is 10.5. The number of aromatic carboxylic acids is 1. The summed E-state index contributed by atoms with van der Waals surface area (Å²) >= 11 is 0. The summed E-state index contributed by atoms with van der Waals surface area (Å²) in [6.07, 6.45) is 3.15. The molecule has 0 aromatic carbocycles. The molecule has 0 atom stereocenters. The number of carboxylic acids is 1. The summed E-state index contributed by atoms with van der Waals surface area (Å²) in [5.41, 5.74) is 1.89. The number of fused-ring (bicyclic) bond motifs is 1. The number of aromatic nitrogens is 2. The van der Waals surface area contributed by atoms with Crippen molar-refractivity contribution >= 4 is 5.97 Å². The Hall–Kier alpha value is -1.84. The summed E-state index contributed by atoms with van der Waals surface area (Å²) in [5, 5.41) is 8.65. The average Bonchev–Trinajstić information content (AvgIpc) is 2.46. The molecule has 0 bridgehead atoms. The largest absolute Gasteiger partial charge is 0.478 e. The van der Waals surface area contributed by atoms with Gasteiger partial charge in [-0.25, -0.2) is 9.78 Å². The Morgan fingerprint density at radius 3 is 3.00 bits per heavy atom. The molecule has 1 heterocycles. The second-order valence-corrected chi connectivity index (χ2v) is 2.47. The van der Waals surface area contributed by atoms with E-state index in [4.69, 9.17) is 5.11 Å². The van der Waals surface area contributed by atoms with E-state index >= 15 is 0 Å². The van der Waals surface area contributed by atoms with E-state index in [2.05, 4.69) is 9.97 Å². The number of nitrogens with one attached hydrogen (secondary N) is 1. The van der Waals surface area contributed by atoms with Crippen molar-refractivity contribution < 1.29 is 9.90 Å². The first-order valence-electron chi connectivity index (χ1n) is 3.43. The third kappa shape index (κ3) is 0.934. The first-order valence-corrected chi connectivity index (χ1v) is 3.43. The van der Waals surface area contributed by atoms with Crippen LogP contribution >= 0.6 is 0 Å².